The number of nitro groups is 1. The second-order valence-corrected chi connectivity index (χ2v) is 10.5. The molecule has 1 atom stereocenters. The summed E-state index contributed by atoms with van der Waals surface area (Å²) in [7, 11) is 0. The smallest absolute Gasteiger partial charge is 0.220 e. The van der Waals surface area contributed by atoms with Crippen LogP contribution < -0.4 is 9.47 Å². The van der Waals surface area contributed by atoms with Crippen LogP contribution in [0.15, 0.2) is 76.4 Å². The van der Waals surface area contributed by atoms with E-state index in [4.69, 9.17) is 21.1 Å². The normalized spacial score (nSPS) is 11.8. The topological polar surface area (TPSA) is 92.3 Å². The molecule has 37 heavy (non-hydrogen) atoms. The highest BCUT2D eigenvalue weighted by Crippen LogP contribution is 2.40. The Morgan fingerprint density at radius 2 is 1.78 bits per heavy atom. The molecule has 0 saturated carbocycles. The maximum atomic E-state index is 11.6. The molecule has 4 rings (SSSR count). The largest absolute Gasteiger partial charge is 0.490 e. The molecule has 11 heteroatoms. The molecule has 0 spiro atoms. The SMILES string of the molecule is CCOc1cc([C@H](C[N+](=O)[O-])Sc2nnc(C)n2-c2ccc(Cl)cc2)ccc1OCc1ccc(Br)cc1. The van der Waals surface area contributed by atoms with Gasteiger partial charge in [0.05, 0.1) is 6.61 Å². The first-order valence-electron chi connectivity index (χ1n) is 11.4. The van der Waals surface area contributed by atoms with Crippen molar-refractivity contribution in [1.29, 1.82) is 0 Å². The maximum Gasteiger partial charge on any atom is 0.220 e. The number of hydrogen-bond acceptors (Lipinski definition) is 7. The van der Waals surface area contributed by atoms with Gasteiger partial charge in [-0.05, 0) is 73.5 Å². The first-order chi connectivity index (χ1) is 17.8. The van der Waals surface area contributed by atoms with Crippen LogP contribution in [-0.4, -0.2) is 32.8 Å². The molecule has 1 heterocycles. The van der Waals surface area contributed by atoms with Gasteiger partial charge >= 0.3 is 0 Å². The Hall–Kier alpha value is -3.08. The van der Waals surface area contributed by atoms with Crippen LogP contribution >= 0.6 is 39.3 Å². The van der Waals surface area contributed by atoms with Crippen molar-refractivity contribution in [2.75, 3.05) is 13.2 Å². The molecule has 0 bridgehead atoms. The van der Waals surface area contributed by atoms with E-state index in [1.807, 2.05) is 60.9 Å². The van der Waals surface area contributed by atoms with Gasteiger partial charge in [0.1, 0.15) is 17.7 Å². The number of nitrogens with zero attached hydrogens (tertiary/aromatic N) is 4. The lowest BCUT2D eigenvalue weighted by molar-refractivity contribution is -0.479. The average molecular weight is 604 g/mol. The van der Waals surface area contributed by atoms with Crippen LogP contribution in [0, 0.1) is 17.0 Å². The third-order valence-electron chi connectivity index (χ3n) is 5.39. The summed E-state index contributed by atoms with van der Waals surface area (Å²) in [4.78, 5) is 11.3. The minimum absolute atomic E-state index is 0.304. The molecule has 0 unspecified atom stereocenters. The summed E-state index contributed by atoms with van der Waals surface area (Å²) in [6.07, 6.45) is 0. The standard InChI is InChI=1S/C26H24BrClN4O4S/c1-3-35-24-14-19(6-13-23(24)36-16-18-4-7-20(27)8-5-18)25(15-31(33)34)37-26-30-29-17(2)32(26)22-11-9-21(28)10-12-22/h4-14,25H,3,15-16H2,1-2H3/t25-/m0/s1. The minimum Gasteiger partial charge on any atom is -0.490 e. The van der Waals surface area contributed by atoms with E-state index in [0.717, 1.165) is 21.3 Å². The number of thioether (sulfide) groups is 1. The molecule has 4 aromatic rings. The number of rotatable bonds is 11. The highest BCUT2D eigenvalue weighted by molar-refractivity contribution is 9.10. The molecular formula is C26H24BrClN4O4S. The van der Waals surface area contributed by atoms with Gasteiger partial charge in [0, 0.05) is 20.1 Å². The molecular weight excluding hydrogens is 580 g/mol. The minimum atomic E-state index is -0.538. The molecule has 192 valence electrons. The van der Waals surface area contributed by atoms with E-state index < -0.39 is 5.25 Å². The summed E-state index contributed by atoms with van der Waals surface area (Å²) in [5, 5.41) is 20.7. The Balaban J connectivity index is 1.61. The molecule has 0 aliphatic rings. The van der Waals surface area contributed by atoms with E-state index in [9.17, 15) is 10.1 Å². The van der Waals surface area contributed by atoms with Gasteiger partial charge in [-0.25, -0.2) is 0 Å². The molecule has 0 fully saturated rings. The lowest BCUT2D eigenvalue weighted by Gasteiger charge is -2.17. The molecule has 0 aliphatic carbocycles. The highest BCUT2D eigenvalue weighted by Gasteiger charge is 2.25. The van der Waals surface area contributed by atoms with Crippen LogP contribution in [0.3, 0.4) is 0 Å². The van der Waals surface area contributed by atoms with Crippen molar-refractivity contribution in [2.24, 2.45) is 0 Å². The molecule has 0 N–H and O–H groups in total. The van der Waals surface area contributed by atoms with E-state index in [1.165, 1.54) is 11.8 Å². The van der Waals surface area contributed by atoms with Gasteiger partial charge < -0.3 is 9.47 Å². The van der Waals surface area contributed by atoms with Gasteiger partial charge in [-0.3, -0.25) is 14.7 Å². The number of benzene rings is 3. The molecule has 3 aromatic carbocycles. The summed E-state index contributed by atoms with van der Waals surface area (Å²) in [6.45, 7) is 4.20. The molecule has 1 aromatic heterocycles. The molecule has 0 radical (unpaired) electrons. The van der Waals surface area contributed by atoms with Crippen LogP contribution in [0.2, 0.25) is 5.02 Å². The molecule has 0 saturated heterocycles. The van der Waals surface area contributed by atoms with Crippen LogP contribution in [0.4, 0.5) is 0 Å². The van der Waals surface area contributed by atoms with Crippen molar-refractivity contribution in [3.05, 3.63) is 103 Å². The predicted molar refractivity (Wildman–Crippen MR) is 148 cm³/mol. The number of halogens is 2. The summed E-state index contributed by atoms with van der Waals surface area (Å²) in [5.41, 5.74) is 2.55. The van der Waals surface area contributed by atoms with E-state index in [-0.39, 0.29) is 11.5 Å². The number of aromatic nitrogens is 3. The first kappa shape index (κ1) is 27.0. The van der Waals surface area contributed by atoms with E-state index >= 15 is 0 Å². The summed E-state index contributed by atoms with van der Waals surface area (Å²) >= 11 is 10.8. The van der Waals surface area contributed by atoms with Gasteiger partial charge in [-0.1, -0.05) is 57.5 Å². The Kier molecular flexibility index (Phi) is 9.07. The van der Waals surface area contributed by atoms with Gasteiger partial charge in [0.2, 0.25) is 6.54 Å². The average Bonchev–Trinajstić information content (AvgIpc) is 3.24. The Labute approximate surface area is 232 Å². The van der Waals surface area contributed by atoms with Crippen molar-refractivity contribution in [3.63, 3.8) is 0 Å². The number of ether oxygens (including phenoxy) is 2. The monoisotopic (exact) mass is 602 g/mol. The quantitative estimate of drug-likeness (QED) is 0.103. The van der Waals surface area contributed by atoms with Crippen molar-refractivity contribution < 1.29 is 14.4 Å². The lowest BCUT2D eigenvalue weighted by atomic mass is 10.1. The predicted octanol–water partition coefficient (Wildman–Crippen LogP) is 7.08. The van der Waals surface area contributed by atoms with Crippen molar-refractivity contribution in [3.8, 4) is 17.2 Å². The van der Waals surface area contributed by atoms with Crippen LogP contribution in [-0.2, 0) is 6.61 Å². The summed E-state index contributed by atoms with van der Waals surface area (Å²) < 4.78 is 14.7. The van der Waals surface area contributed by atoms with Gasteiger partial charge in [-0.15, -0.1) is 10.2 Å². The molecule has 0 amide bonds. The maximum absolute atomic E-state index is 11.6. The number of aryl methyl sites for hydroxylation is 1. The zero-order valence-corrected chi connectivity index (χ0v) is 23.3. The Morgan fingerprint density at radius 3 is 2.46 bits per heavy atom. The third-order valence-corrected chi connectivity index (χ3v) is 7.35. The molecule has 8 nitrogen and oxygen atoms in total. The zero-order valence-electron chi connectivity index (χ0n) is 20.1. The molecule has 0 aliphatic heterocycles. The third kappa shape index (κ3) is 7.03. The summed E-state index contributed by atoms with van der Waals surface area (Å²) in [5.74, 6) is 1.76. The second-order valence-electron chi connectivity index (χ2n) is 8.02. The van der Waals surface area contributed by atoms with Gasteiger partial charge in [0.25, 0.3) is 0 Å². The zero-order chi connectivity index (χ0) is 26.4. The van der Waals surface area contributed by atoms with E-state index in [1.54, 1.807) is 24.3 Å². The fourth-order valence-electron chi connectivity index (χ4n) is 3.63. The number of hydrogen-bond donors (Lipinski definition) is 0. The van der Waals surface area contributed by atoms with E-state index in [2.05, 4.69) is 26.1 Å². The van der Waals surface area contributed by atoms with E-state index in [0.29, 0.717) is 40.7 Å². The fourth-order valence-corrected chi connectivity index (χ4v) is 5.19. The van der Waals surface area contributed by atoms with Gasteiger partial charge in [-0.2, -0.15) is 0 Å². The van der Waals surface area contributed by atoms with Crippen molar-refractivity contribution >= 4 is 39.3 Å². The van der Waals surface area contributed by atoms with Gasteiger partial charge in [0.15, 0.2) is 16.7 Å². The first-order valence-corrected chi connectivity index (χ1v) is 13.5. The lowest BCUT2D eigenvalue weighted by Crippen LogP contribution is -2.11. The second kappa shape index (κ2) is 12.4. The van der Waals surface area contributed by atoms with Crippen LogP contribution in [0.5, 0.6) is 11.5 Å². The Bertz CT molecular complexity index is 1370. The summed E-state index contributed by atoms with van der Waals surface area (Å²) in [6, 6.07) is 20.6. The highest BCUT2D eigenvalue weighted by atomic mass is 79.9. The Morgan fingerprint density at radius 1 is 1.05 bits per heavy atom. The van der Waals surface area contributed by atoms with Crippen molar-refractivity contribution in [1.82, 2.24) is 14.8 Å². The van der Waals surface area contributed by atoms with Crippen LogP contribution in [0.1, 0.15) is 29.1 Å². The van der Waals surface area contributed by atoms with Crippen molar-refractivity contribution in [2.45, 2.75) is 30.9 Å². The fraction of sp³-hybridized carbons (Fsp3) is 0.231. The van der Waals surface area contributed by atoms with Crippen LogP contribution in [0.25, 0.3) is 5.69 Å².